The highest BCUT2D eigenvalue weighted by Gasteiger charge is 2.15. The molecule has 0 bridgehead atoms. The van der Waals surface area contributed by atoms with Gasteiger partial charge < -0.3 is 4.74 Å². The van der Waals surface area contributed by atoms with Gasteiger partial charge in [0.1, 0.15) is 5.75 Å². The molecule has 0 unspecified atom stereocenters. The molecule has 1 aromatic carbocycles. The maximum absolute atomic E-state index is 12.0. The summed E-state index contributed by atoms with van der Waals surface area (Å²) in [5.74, 6) is 1.03. The van der Waals surface area contributed by atoms with E-state index in [2.05, 4.69) is 14.9 Å². The van der Waals surface area contributed by atoms with E-state index in [4.69, 9.17) is 4.74 Å². The van der Waals surface area contributed by atoms with Gasteiger partial charge in [-0.15, -0.1) is 0 Å². The second kappa shape index (κ2) is 5.96. The minimum Gasteiger partial charge on any atom is -0.493 e. The monoisotopic (exact) mass is 295 g/mol. The molecule has 1 heterocycles. The van der Waals surface area contributed by atoms with Gasteiger partial charge >= 0.3 is 0 Å². The molecule has 0 saturated heterocycles. The van der Waals surface area contributed by atoms with Crippen molar-refractivity contribution in [2.24, 2.45) is 5.92 Å². The number of H-pyrrole nitrogens is 1. The number of hydrogen-bond acceptors (Lipinski definition) is 4. The van der Waals surface area contributed by atoms with E-state index >= 15 is 0 Å². The Hall–Kier alpha value is -2.02. The summed E-state index contributed by atoms with van der Waals surface area (Å²) >= 11 is 0. The van der Waals surface area contributed by atoms with Crippen LogP contribution in [0, 0.1) is 5.92 Å². The van der Waals surface area contributed by atoms with Gasteiger partial charge in [-0.25, -0.2) is 0 Å². The average molecular weight is 295 g/mol. The Morgan fingerprint density at radius 2 is 2.15 bits per heavy atom. The number of sulfonamides is 1. The number of ether oxygens (including phenoxy) is 1. The van der Waals surface area contributed by atoms with Gasteiger partial charge in [-0.1, -0.05) is 19.9 Å². The molecule has 2 rings (SSSR count). The van der Waals surface area contributed by atoms with Crippen molar-refractivity contribution < 1.29 is 13.2 Å². The van der Waals surface area contributed by atoms with Crippen molar-refractivity contribution in [1.29, 1.82) is 0 Å². The fourth-order valence-corrected chi connectivity index (χ4v) is 2.48. The van der Waals surface area contributed by atoms with Crippen LogP contribution in [-0.4, -0.2) is 25.2 Å². The van der Waals surface area contributed by atoms with Gasteiger partial charge in [-0.05, 0) is 24.1 Å². The molecule has 108 valence electrons. The van der Waals surface area contributed by atoms with Crippen LogP contribution in [-0.2, 0) is 10.0 Å². The van der Waals surface area contributed by atoms with Crippen molar-refractivity contribution in [3.05, 3.63) is 36.5 Å². The van der Waals surface area contributed by atoms with Crippen LogP contribution in [0.2, 0.25) is 0 Å². The molecule has 0 aliphatic heterocycles. The molecule has 0 amide bonds. The summed E-state index contributed by atoms with van der Waals surface area (Å²) in [6.07, 6.45) is 1.39. The first-order chi connectivity index (χ1) is 9.47. The maximum atomic E-state index is 12.0. The normalized spacial score (nSPS) is 11.6. The Labute approximate surface area is 118 Å². The molecule has 2 aromatic rings. The minimum absolute atomic E-state index is 0.0194. The largest absolute Gasteiger partial charge is 0.493 e. The predicted octanol–water partition coefficient (Wildman–Crippen LogP) is 2.25. The minimum atomic E-state index is -3.64. The van der Waals surface area contributed by atoms with Gasteiger partial charge in [-0.3, -0.25) is 9.82 Å². The Balaban J connectivity index is 2.12. The zero-order chi connectivity index (χ0) is 14.6. The van der Waals surface area contributed by atoms with Crippen molar-refractivity contribution >= 4 is 15.7 Å². The van der Waals surface area contributed by atoms with Crippen LogP contribution in [0.25, 0.3) is 0 Å². The molecule has 7 heteroatoms. The molecule has 2 N–H and O–H groups in total. The Morgan fingerprint density at radius 3 is 2.80 bits per heavy atom. The lowest BCUT2D eigenvalue weighted by Gasteiger charge is -2.11. The lowest BCUT2D eigenvalue weighted by molar-refractivity contribution is 0.271. The van der Waals surface area contributed by atoms with E-state index in [0.29, 0.717) is 24.0 Å². The molecular weight excluding hydrogens is 278 g/mol. The second-order valence-electron chi connectivity index (χ2n) is 4.76. The standard InChI is InChI=1S/C13H17N3O3S/c1-10(2)9-19-12-5-3-4-11(8-12)16-20(17,18)13-6-7-14-15-13/h3-8,10,16H,9H2,1-2H3,(H,14,15). The van der Waals surface area contributed by atoms with Crippen LogP contribution in [0.1, 0.15) is 13.8 Å². The number of rotatable bonds is 6. The first-order valence-electron chi connectivity index (χ1n) is 6.22. The van der Waals surface area contributed by atoms with E-state index in [1.807, 2.05) is 13.8 Å². The van der Waals surface area contributed by atoms with Crippen LogP contribution in [0.15, 0.2) is 41.6 Å². The lowest BCUT2D eigenvalue weighted by atomic mass is 10.2. The zero-order valence-corrected chi connectivity index (χ0v) is 12.1. The Morgan fingerprint density at radius 1 is 1.35 bits per heavy atom. The molecule has 0 aliphatic carbocycles. The smallest absolute Gasteiger partial charge is 0.278 e. The van der Waals surface area contributed by atoms with Crippen molar-refractivity contribution in [3.63, 3.8) is 0 Å². The third-order valence-corrected chi connectivity index (χ3v) is 3.75. The van der Waals surface area contributed by atoms with Crippen molar-refractivity contribution in [1.82, 2.24) is 10.2 Å². The summed E-state index contributed by atoms with van der Waals surface area (Å²) in [7, 11) is -3.64. The summed E-state index contributed by atoms with van der Waals surface area (Å²) < 4.78 is 32.1. The highest BCUT2D eigenvalue weighted by atomic mass is 32.2. The molecule has 20 heavy (non-hydrogen) atoms. The molecule has 0 fully saturated rings. The maximum Gasteiger partial charge on any atom is 0.278 e. The Bertz CT molecular complexity index is 651. The molecule has 0 radical (unpaired) electrons. The molecule has 0 aliphatic rings. The fraction of sp³-hybridized carbons (Fsp3) is 0.308. The second-order valence-corrected chi connectivity index (χ2v) is 6.41. The summed E-state index contributed by atoms with van der Waals surface area (Å²) in [6, 6.07) is 8.23. The SMILES string of the molecule is CC(C)COc1cccc(NS(=O)(=O)c2ccn[nH]2)c1. The number of aromatic nitrogens is 2. The average Bonchev–Trinajstić information content (AvgIpc) is 2.91. The highest BCUT2D eigenvalue weighted by molar-refractivity contribution is 7.92. The predicted molar refractivity (Wildman–Crippen MR) is 76.2 cm³/mol. The Kier molecular flexibility index (Phi) is 4.29. The van der Waals surface area contributed by atoms with E-state index in [1.165, 1.54) is 12.3 Å². The van der Waals surface area contributed by atoms with Crippen molar-refractivity contribution in [2.75, 3.05) is 11.3 Å². The van der Waals surface area contributed by atoms with Crippen LogP contribution in [0.4, 0.5) is 5.69 Å². The lowest BCUT2D eigenvalue weighted by Crippen LogP contribution is -2.13. The molecule has 0 saturated carbocycles. The van der Waals surface area contributed by atoms with Gasteiger partial charge in [0.25, 0.3) is 10.0 Å². The third kappa shape index (κ3) is 3.74. The van der Waals surface area contributed by atoms with Gasteiger partial charge in [0.05, 0.1) is 18.5 Å². The zero-order valence-electron chi connectivity index (χ0n) is 11.3. The quantitative estimate of drug-likeness (QED) is 0.856. The van der Waals surface area contributed by atoms with Gasteiger partial charge in [0, 0.05) is 6.07 Å². The van der Waals surface area contributed by atoms with Crippen LogP contribution in [0.5, 0.6) is 5.75 Å². The number of nitrogens with zero attached hydrogens (tertiary/aromatic N) is 1. The van der Waals surface area contributed by atoms with E-state index in [-0.39, 0.29) is 5.03 Å². The van der Waals surface area contributed by atoms with Crippen LogP contribution < -0.4 is 9.46 Å². The third-order valence-electron chi connectivity index (χ3n) is 2.43. The first kappa shape index (κ1) is 14.4. The fourth-order valence-electron chi connectivity index (χ4n) is 1.52. The van der Waals surface area contributed by atoms with Crippen LogP contribution in [0.3, 0.4) is 0 Å². The number of aromatic amines is 1. The summed E-state index contributed by atoms with van der Waals surface area (Å²) in [5, 5.41) is 6.07. The molecule has 1 aromatic heterocycles. The van der Waals surface area contributed by atoms with E-state index < -0.39 is 10.0 Å². The van der Waals surface area contributed by atoms with E-state index in [9.17, 15) is 8.42 Å². The topological polar surface area (TPSA) is 84.1 Å². The summed E-state index contributed by atoms with van der Waals surface area (Å²) in [4.78, 5) is 0. The summed E-state index contributed by atoms with van der Waals surface area (Å²) in [6.45, 7) is 4.67. The van der Waals surface area contributed by atoms with Gasteiger partial charge in [-0.2, -0.15) is 13.5 Å². The number of anilines is 1. The molecule has 6 nitrogen and oxygen atoms in total. The molecular formula is C13H17N3O3S. The number of hydrogen-bond donors (Lipinski definition) is 2. The molecule has 0 atom stereocenters. The molecule has 0 spiro atoms. The first-order valence-corrected chi connectivity index (χ1v) is 7.71. The van der Waals surface area contributed by atoms with Gasteiger partial charge in [0.2, 0.25) is 0 Å². The van der Waals surface area contributed by atoms with Crippen molar-refractivity contribution in [3.8, 4) is 5.75 Å². The number of nitrogens with one attached hydrogen (secondary N) is 2. The summed E-state index contributed by atoms with van der Waals surface area (Å²) in [5.41, 5.74) is 0.445. The van der Waals surface area contributed by atoms with E-state index in [1.54, 1.807) is 24.3 Å². The number of benzene rings is 1. The van der Waals surface area contributed by atoms with Gasteiger partial charge in [0.15, 0.2) is 5.03 Å². The van der Waals surface area contributed by atoms with Crippen LogP contribution >= 0.6 is 0 Å². The van der Waals surface area contributed by atoms with Crippen molar-refractivity contribution in [2.45, 2.75) is 18.9 Å². The van der Waals surface area contributed by atoms with E-state index in [0.717, 1.165) is 0 Å². The highest BCUT2D eigenvalue weighted by Crippen LogP contribution is 2.20.